The molecule has 5 N–H and O–H groups in total. The van der Waals surface area contributed by atoms with Gasteiger partial charge in [-0.25, -0.2) is 4.79 Å². The van der Waals surface area contributed by atoms with Gasteiger partial charge in [0.15, 0.2) is 0 Å². The molecule has 2 aromatic carbocycles. The van der Waals surface area contributed by atoms with E-state index in [4.69, 9.17) is 10.5 Å². The minimum absolute atomic E-state index is 0. The average Bonchev–Trinajstić information content (AvgIpc) is 2.77. The van der Waals surface area contributed by atoms with Crippen LogP contribution in [0.4, 0.5) is 5.69 Å². The molecule has 1 aliphatic carbocycles. The number of carbonyl (C=O) groups is 1. The van der Waals surface area contributed by atoms with E-state index in [1.54, 1.807) is 18.5 Å². The largest absolute Gasteiger partial charge is 0.478 e. The molecule has 2 atom stereocenters. The Kier molecular flexibility index (Phi) is 11.6. The number of pyridine rings is 1. The van der Waals surface area contributed by atoms with Crippen LogP contribution in [0.2, 0.25) is 0 Å². The van der Waals surface area contributed by atoms with Gasteiger partial charge in [0.1, 0.15) is 11.5 Å². The highest BCUT2D eigenvalue weighted by atomic mass is 35.5. The number of nitrogens with zero attached hydrogens (tertiary/aromatic N) is 1. The number of aromatic nitrogens is 1. The van der Waals surface area contributed by atoms with Crippen LogP contribution in [0.1, 0.15) is 39.6 Å². The molecule has 10 heteroatoms. The lowest BCUT2D eigenvalue weighted by Gasteiger charge is -2.27. The number of rotatable bonds is 7. The monoisotopic (exact) mass is 527 g/mol. The fourth-order valence-corrected chi connectivity index (χ4v) is 3.88. The Balaban J connectivity index is 0.00000193. The number of aromatic carboxylic acids is 1. The van der Waals surface area contributed by atoms with Crippen molar-refractivity contribution in [2.24, 2.45) is 0 Å². The summed E-state index contributed by atoms with van der Waals surface area (Å²) in [6.07, 6.45) is 5.52. The van der Waals surface area contributed by atoms with E-state index in [1.165, 1.54) is 23.3 Å². The predicted octanol–water partition coefficient (Wildman–Crippen LogP) is 4.60. The summed E-state index contributed by atoms with van der Waals surface area (Å²) in [7, 11) is 0. The lowest BCUT2D eigenvalue weighted by atomic mass is 9.88. The van der Waals surface area contributed by atoms with Crippen LogP contribution in [0.5, 0.6) is 11.5 Å². The quantitative estimate of drug-likeness (QED) is 0.331. The summed E-state index contributed by atoms with van der Waals surface area (Å²) in [5.74, 6) is -0.0239. The van der Waals surface area contributed by atoms with Crippen molar-refractivity contribution in [1.29, 1.82) is 0 Å². The SMILES string of the molecule is Cl.Cl.Cl.Nc1cc(Oc2ccc3c(c2)C[C@@H](NC[C@H](O)c2cccnc2)CC3)cc(C(=O)O)c1. The Morgan fingerprint density at radius 3 is 2.62 bits per heavy atom. The van der Waals surface area contributed by atoms with Gasteiger partial charge in [0.05, 0.1) is 11.7 Å². The molecule has 1 aliphatic rings. The Bertz CT molecular complexity index is 1090. The predicted molar refractivity (Wildman–Crippen MR) is 139 cm³/mol. The number of hydrogen-bond acceptors (Lipinski definition) is 6. The van der Waals surface area contributed by atoms with Crippen LogP contribution in [0.15, 0.2) is 60.9 Å². The van der Waals surface area contributed by atoms with Crippen molar-refractivity contribution in [1.82, 2.24) is 10.3 Å². The number of carboxylic acid groups (broad SMARTS) is 1. The minimum Gasteiger partial charge on any atom is -0.478 e. The number of ether oxygens (including phenoxy) is 1. The molecule has 0 unspecified atom stereocenters. The van der Waals surface area contributed by atoms with Gasteiger partial charge in [0.2, 0.25) is 0 Å². The molecule has 0 radical (unpaired) electrons. The van der Waals surface area contributed by atoms with E-state index in [0.717, 1.165) is 24.8 Å². The maximum absolute atomic E-state index is 11.2. The number of carboxylic acids is 1. The second-order valence-electron chi connectivity index (χ2n) is 7.78. The Morgan fingerprint density at radius 1 is 1.12 bits per heavy atom. The van der Waals surface area contributed by atoms with Crippen molar-refractivity contribution in [3.63, 3.8) is 0 Å². The van der Waals surface area contributed by atoms with Gasteiger partial charge in [-0.05, 0) is 60.7 Å². The lowest BCUT2D eigenvalue weighted by molar-refractivity contribution is 0.0696. The average molecular weight is 529 g/mol. The Hall–Kier alpha value is -2.55. The molecule has 0 spiro atoms. The van der Waals surface area contributed by atoms with Crippen molar-refractivity contribution in [3.05, 3.63) is 83.2 Å². The van der Waals surface area contributed by atoms with Gasteiger partial charge < -0.3 is 26.0 Å². The van der Waals surface area contributed by atoms with Crippen molar-refractivity contribution >= 4 is 48.9 Å². The smallest absolute Gasteiger partial charge is 0.335 e. The first-order valence-electron chi connectivity index (χ1n) is 10.2. The Morgan fingerprint density at radius 2 is 1.91 bits per heavy atom. The highest BCUT2D eigenvalue weighted by molar-refractivity contribution is 5.89. The van der Waals surface area contributed by atoms with Crippen LogP contribution in [0, 0.1) is 0 Å². The molecule has 3 aromatic rings. The summed E-state index contributed by atoms with van der Waals surface area (Å²) in [6.45, 7) is 0.461. The van der Waals surface area contributed by atoms with E-state index in [1.807, 2.05) is 24.3 Å². The number of aliphatic hydroxyl groups excluding tert-OH is 1. The molecule has 0 bridgehead atoms. The first-order chi connectivity index (χ1) is 15.0. The van der Waals surface area contributed by atoms with Crippen LogP contribution >= 0.6 is 37.2 Å². The molecule has 7 nitrogen and oxygen atoms in total. The van der Waals surface area contributed by atoms with Crippen molar-refractivity contribution in [2.75, 3.05) is 12.3 Å². The second kappa shape index (κ2) is 13.4. The Labute approximate surface area is 217 Å². The summed E-state index contributed by atoms with van der Waals surface area (Å²) < 4.78 is 5.90. The van der Waals surface area contributed by atoms with E-state index in [-0.39, 0.29) is 48.8 Å². The van der Waals surface area contributed by atoms with Crippen LogP contribution in [0.3, 0.4) is 0 Å². The molecule has 0 saturated heterocycles. The number of nitrogens with one attached hydrogen (secondary N) is 1. The molecule has 0 saturated carbocycles. The summed E-state index contributed by atoms with van der Waals surface area (Å²) in [5.41, 5.74) is 9.48. The zero-order valence-electron chi connectivity index (χ0n) is 18.2. The van der Waals surface area contributed by atoms with E-state index in [0.29, 0.717) is 23.7 Å². The van der Waals surface area contributed by atoms with E-state index >= 15 is 0 Å². The normalized spacial score (nSPS) is 14.9. The van der Waals surface area contributed by atoms with Gasteiger partial charge in [-0.1, -0.05) is 12.1 Å². The zero-order valence-corrected chi connectivity index (χ0v) is 20.7. The van der Waals surface area contributed by atoms with Gasteiger partial charge in [0.25, 0.3) is 0 Å². The summed E-state index contributed by atoms with van der Waals surface area (Å²) in [4.78, 5) is 15.3. The fraction of sp³-hybridized carbons (Fsp3) is 0.250. The molecule has 0 aliphatic heterocycles. The molecule has 1 aromatic heterocycles. The highest BCUT2D eigenvalue weighted by Gasteiger charge is 2.20. The topological polar surface area (TPSA) is 118 Å². The van der Waals surface area contributed by atoms with Crippen LogP contribution in [-0.4, -0.2) is 33.8 Å². The zero-order chi connectivity index (χ0) is 21.8. The number of anilines is 1. The van der Waals surface area contributed by atoms with Crippen LogP contribution in [0.25, 0.3) is 0 Å². The third kappa shape index (κ3) is 7.48. The fourth-order valence-electron chi connectivity index (χ4n) is 3.88. The van der Waals surface area contributed by atoms with Gasteiger partial charge in [-0.2, -0.15) is 0 Å². The molecule has 1 heterocycles. The highest BCUT2D eigenvalue weighted by Crippen LogP contribution is 2.30. The van der Waals surface area contributed by atoms with Crippen molar-refractivity contribution in [3.8, 4) is 11.5 Å². The number of nitrogen functional groups attached to an aromatic ring is 1. The van der Waals surface area contributed by atoms with Crippen molar-refractivity contribution in [2.45, 2.75) is 31.4 Å². The van der Waals surface area contributed by atoms with Crippen molar-refractivity contribution < 1.29 is 19.7 Å². The second-order valence-corrected chi connectivity index (χ2v) is 7.78. The van der Waals surface area contributed by atoms with E-state index in [2.05, 4.69) is 16.4 Å². The minimum atomic E-state index is -1.05. The van der Waals surface area contributed by atoms with Crippen LogP contribution < -0.4 is 15.8 Å². The lowest BCUT2D eigenvalue weighted by Crippen LogP contribution is -2.37. The van der Waals surface area contributed by atoms with E-state index < -0.39 is 12.1 Å². The van der Waals surface area contributed by atoms with Gasteiger partial charge in [-0.15, -0.1) is 37.2 Å². The van der Waals surface area contributed by atoms with Gasteiger partial charge in [0, 0.05) is 42.3 Å². The molecule has 4 rings (SSSR count). The maximum Gasteiger partial charge on any atom is 0.335 e. The summed E-state index contributed by atoms with van der Waals surface area (Å²) >= 11 is 0. The van der Waals surface area contributed by atoms with Crippen LogP contribution in [-0.2, 0) is 12.8 Å². The maximum atomic E-state index is 11.2. The van der Waals surface area contributed by atoms with Gasteiger partial charge >= 0.3 is 5.97 Å². The molecule has 0 fully saturated rings. The van der Waals surface area contributed by atoms with Gasteiger partial charge in [-0.3, -0.25) is 4.98 Å². The number of fused-ring (bicyclic) bond motifs is 1. The number of aliphatic hydroxyl groups is 1. The first kappa shape index (κ1) is 29.5. The third-order valence-corrected chi connectivity index (χ3v) is 5.49. The molecular formula is C24H28Cl3N3O4. The summed E-state index contributed by atoms with van der Waals surface area (Å²) in [6, 6.07) is 14.3. The molecule has 34 heavy (non-hydrogen) atoms. The molecular weight excluding hydrogens is 501 g/mol. The first-order valence-corrected chi connectivity index (χ1v) is 10.2. The number of aryl methyl sites for hydroxylation is 1. The number of halogens is 3. The number of nitrogens with two attached hydrogens (primary N) is 1. The molecule has 0 amide bonds. The van der Waals surface area contributed by atoms with E-state index in [9.17, 15) is 15.0 Å². The third-order valence-electron chi connectivity index (χ3n) is 5.49. The number of hydrogen-bond donors (Lipinski definition) is 4. The number of benzene rings is 2. The standard InChI is InChI=1S/C24H25N3O4.3ClH/c25-19-8-18(24(29)30)11-22(12-19)31-21-6-4-15-3-5-20(9-17(15)10-21)27-14-23(28)16-2-1-7-26-13-16;;;/h1-2,4,6-8,10-13,20,23,27-28H,3,5,9,14,25H2,(H,29,30);3*1H/t20-,23-;;;/m0.../s1. The molecule has 184 valence electrons. The summed E-state index contributed by atoms with van der Waals surface area (Å²) in [5, 5.41) is 23.0.